The maximum atomic E-state index is 12.3. The molecule has 4 unspecified atom stereocenters. The zero-order chi connectivity index (χ0) is 33.9. The van der Waals surface area contributed by atoms with Crippen molar-refractivity contribution in [2.24, 2.45) is 0 Å². The molecule has 5 heteroatoms. The molecule has 250 valence electrons. The number of hydrogen-bond donors (Lipinski definition) is 0. The van der Waals surface area contributed by atoms with Gasteiger partial charge < -0.3 is 24.3 Å². The van der Waals surface area contributed by atoms with E-state index in [0.29, 0.717) is 19.6 Å². The molecule has 0 spiro atoms. The summed E-state index contributed by atoms with van der Waals surface area (Å²) in [6.07, 6.45) is 0.951. The topological polar surface area (TPSA) is 61.8 Å². The van der Waals surface area contributed by atoms with Crippen LogP contribution in [0.1, 0.15) is 58.6 Å². The lowest BCUT2D eigenvalue weighted by Crippen LogP contribution is -2.57. The first-order chi connectivity index (χ1) is 24.6. The summed E-state index contributed by atoms with van der Waals surface area (Å²) >= 11 is 0. The number of ether oxygens (including phenoxy) is 2. The second-order valence-corrected chi connectivity index (χ2v) is 13.6. The molecular weight excluding hydrogens is 618 g/mol. The fraction of sp³-hybridized carbons (Fsp3) is 0.222. The first kappa shape index (κ1) is 32.0. The van der Waals surface area contributed by atoms with Gasteiger partial charge in [0.25, 0.3) is 0 Å². The molecule has 2 saturated heterocycles. The van der Waals surface area contributed by atoms with Gasteiger partial charge in [-0.05, 0) is 69.5 Å². The van der Waals surface area contributed by atoms with Crippen LogP contribution in [0.3, 0.4) is 0 Å². The SMILES string of the molecule is O=C([O-])N1C2CCC1C(OCc1ccc3ccccc3c1)C(c1ccc(COC(c3ccccc3)(c3ccccc3)c3ccccc3)cc1)C2. The smallest absolute Gasteiger partial charge is 0.144 e. The maximum Gasteiger partial charge on any atom is 0.144 e. The monoisotopic (exact) mass is 658 g/mol. The van der Waals surface area contributed by atoms with E-state index in [0.717, 1.165) is 46.2 Å². The van der Waals surface area contributed by atoms with Crippen LogP contribution < -0.4 is 5.11 Å². The van der Waals surface area contributed by atoms with Crippen LogP contribution in [0.2, 0.25) is 0 Å². The third kappa shape index (κ3) is 6.08. The first-order valence-corrected chi connectivity index (χ1v) is 17.6. The lowest BCUT2D eigenvalue weighted by molar-refractivity contribution is -0.273. The zero-order valence-electron chi connectivity index (χ0n) is 27.9. The fourth-order valence-corrected chi connectivity index (χ4v) is 8.34. The average molecular weight is 659 g/mol. The fourth-order valence-electron chi connectivity index (χ4n) is 8.34. The molecule has 0 radical (unpaired) electrons. The number of carbonyl (C=O) groups is 1. The molecule has 0 aliphatic carbocycles. The summed E-state index contributed by atoms with van der Waals surface area (Å²) in [5.74, 6) is 0.0653. The maximum absolute atomic E-state index is 12.3. The highest BCUT2D eigenvalue weighted by Gasteiger charge is 2.48. The molecule has 8 rings (SSSR count). The van der Waals surface area contributed by atoms with Gasteiger partial charge in [0.15, 0.2) is 0 Å². The second kappa shape index (κ2) is 13.9. The summed E-state index contributed by atoms with van der Waals surface area (Å²) in [4.78, 5) is 13.8. The Bertz CT molecular complexity index is 1950. The molecule has 2 heterocycles. The normalized spacial score (nSPS) is 20.2. The zero-order valence-corrected chi connectivity index (χ0v) is 27.9. The summed E-state index contributed by atoms with van der Waals surface area (Å²) in [5, 5.41) is 14.6. The third-order valence-electron chi connectivity index (χ3n) is 10.7. The van der Waals surface area contributed by atoms with Crippen LogP contribution in [0.4, 0.5) is 4.79 Å². The van der Waals surface area contributed by atoms with E-state index < -0.39 is 11.7 Å². The van der Waals surface area contributed by atoms with Crippen LogP contribution in [-0.4, -0.2) is 29.2 Å². The largest absolute Gasteiger partial charge is 0.530 e. The second-order valence-electron chi connectivity index (χ2n) is 13.6. The number of benzene rings is 6. The summed E-state index contributed by atoms with van der Waals surface area (Å²) < 4.78 is 13.8. The third-order valence-corrected chi connectivity index (χ3v) is 10.7. The Hall–Kier alpha value is -5.23. The van der Waals surface area contributed by atoms with Crippen LogP contribution in [0, 0.1) is 0 Å². The van der Waals surface area contributed by atoms with Gasteiger partial charge in [0.2, 0.25) is 0 Å². The minimum Gasteiger partial charge on any atom is -0.530 e. The van der Waals surface area contributed by atoms with Crippen LogP contribution >= 0.6 is 0 Å². The van der Waals surface area contributed by atoms with Crippen molar-refractivity contribution < 1.29 is 19.4 Å². The minimum absolute atomic E-state index is 0.0539. The number of rotatable bonds is 10. The van der Waals surface area contributed by atoms with Gasteiger partial charge in [-0.25, -0.2) is 0 Å². The predicted molar refractivity (Wildman–Crippen MR) is 194 cm³/mol. The molecule has 6 aromatic rings. The lowest BCUT2D eigenvalue weighted by Gasteiger charge is -2.46. The van der Waals surface area contributed by atoms with Crippen molar-refractivity contribution in [3.63, 3.8) is 0 Å². The molecule has 4 atom stereocenters. The average Bonchev–Trinajstić information content (AvgIpc) is 3.51. The summed E-state index contributed by atoms with van der Waals surface area (Å²) in [5.41, 5.74) is 5.69. The Kier molecular flexibility index (Phi) is 8.93. The van der Waals surface area contributed by atoms with E-state index >= 15 is 0 Å². The molecule has 0 saturated carbocycles. The number of amides is 1. The van der Waals surface area contributed by atoms with E-state index in [1.54, 1.807) is 4.90 Å². The van der Waals surface area contributed by atoms with Gasteiger partial charge in [-0.3, -0.25) is 0 Å². The molecule has 2 bridgehead atoms. The molecule has 2 aliphatic rings. The van der Waals surface area contributed by atoms with Crippen LogP contribution in [0.25, 0.3) is 10.8 Å². The Labute approximate surface area is 293 Å². The van der Waals surface area contributed by atoms with Crippen molar-refractivity contribution in [2.45, 2.75) is 62.2 Å². The Balaban J connectivity index is 1.07. The van der Waals surface area contributed by atoms with E-state index in [4.69, 9.17) is 9.47 Å². The van der Waals surface area contributed by atoms with E-state index in [-0.39, 0.29) is 24.1 Å². The molecule has 50 heavy (non-hydrogen) atoms. The van der Waals surface area contributed by atoms with Gasteiger partial charge in [-0.15, -0.1) is 0 Å². The van der Waals surface area contributed by atoms with Gasteiger partial charge in [0.1, 0.15) is 11.7 Å². The predicted octanol–water partition coefficient (Wildman–Crippen LogP) is 8.60. The van der Waals surface area contributed by atoms with Gasteiger partial charge in [0, 0.05) is 12.0 Å². The molecule has 0 aromatic heterocycles. The standard InChI is InChI=1S/C45H41NO4/c47-44(48)46-40-26-27-42(46)43(49-30-33-22-23-34-12-10-11-13-36(34)28-33)41(29-40)35-24-20-32(21-25-35)31-50-45(37-14-4-1-5-15-37,38-16-6-2-7-17-38)39-18-8-3-9-19-39/h1-25,28,40-43H,26-27,29-31H2,(H,47,48)/p-1. The van der Waals surface area contributed by atoms with Gasteiger partial charge in [0.05, 0.1) is 25.4 Å². The highest BCUT2D eigenvalue weighted by Crippen LogP contribution is 2.45. The number of fused-ring (bicyclic) bond motifs is 3. The Morgan fingerprint density at radius 1 is 0.640 bits per heavy atom. The summed E-state index contributed by atoms with van der Waals surface area (Å²) in [7, 11) is 0. The Morgan fingerprint density at radius 2 is 1.20 bits per heavy atom. The first-order valence-electron chi connectivity index (χ1n) is 17.6. The number of carboxylic acid groups (broad SMARTS) is 1. The van der Waals surface area contributed by atoms with Gasteiger partial charge >= 0.3 is 0 Å². The van der Waals surface area contributed by atoms with Gasteiger partial charge in [-0.2, -0.15) is 0 Å². The van der Waals surface area contributed by atoms with Crippen molar-refractivity contribution in [3.05, 3.63) is 191 Å². The van der Waals surface area contributed by atoms with Crippen molar-refractivity contribution in [2.75, 3.05) is 0 Å². The van der Waals surface area contributed by atoms with Crippen LogP contribution in [0.15, 0.2) is 158 Å². The number of hydrogen-bond acceptors (Lipinski definition) is 4. The Morgan fingerprint density at radius 3 is 1.80 bits per heavy atom. The molecule has 6 aromatic carbocycles. The number of nitrogens with zero attached hydrogens (tertiary/aromatic N) is 1. The van der Waals surface area contributed by atoms with Crippen molar-refractivity contribution in [1.82, 2.24) is 4.90 Å². The molecule has 2 fully saturated rings. The van der Waals surface area contributed by atoms with E-state index in [1.807, 2.05) is 30.3 Å². The van der Waals surface area contributed by atoms with E-state index in [2.05, 4.69) is 127 Å². The number of piperidine rings is 1. The van der Waals surface area contributed by atoms with Crippen molar-refractivity contribution in [1.29, 1.82) is 0 Å². The lowest BCUT2D eigenvalue weighted by atomic mass is 9.80. The molecule has 5 nitrogen and oxygen atoms in total. The summed E-state index contributed by atoms with van der Waals surface area (Å²) in [6, 6.07) is 54.3. The molecule has 2 aliphatic heterocycles. The van der Waals surface area contributed by atoms with Crippen LogP contribution in [-0.2, 0) is 28.3 Å². The molecular formula is C45H40NO4-. The highest BCUT2D eigenvalue weighted by atomic mass is 16.5. The molecule has 0 N–H and O–H groups in total. The van der Waals surface area contributed by atoms with Gasteiger partial charge in [-0.1, -0.05) is 152 Å². The molecule has 1 amide bonds. The highest BCUT2D eigenvalue weighted by molar-refractivity contribution is 5.83. The van der Waals surface area contributed by atoms with Crippen molar-refractivity contribution in [3.8, 4) is 0 Å². The number of carbonyl (C=O) groups excluding carboxylic acids is 1. The summed E-state index contributed by atoms with van der Waals surface area (Å²) in [6.45, 7) is 0.815. The van der Waals surface area contributed by atoms with E-state index in [9.17, 15) is 9.90 Å². The van der Waals surface area contributed by atoms with Crippen molar-refractivity contribution >= 4 is 16.9 Å². The van der Waals surface area contributed by atoms with E-state index in [1.165, 1.54) is 10.8 Å². The minimum atomic E-state index is -1.10. The van der Waals surface area contributed by atoms with Crippen LogP contribution in [0.5, 0.6) is 0 Å². The quantitative estimate of drug-likeness (QED) is 0.138.